The molecule has 0 fully saturated rings. The Bertz CT molecular complexity index is 356. The summed E-state index contributed by atoms with van der Waals surface area (Å²) >= 11 is 0. The second-order valence-corrected chi connectivity index (χ2v) is 3.06. The second kappa shape index (κ2) is 4.16. The van der Waals surface area contributed by atoms with Crippen LogP contribution in [0, 0.1) is 11.6 Å². The molecule has 1 aromatic rings. The van der Waals surface area contributed by atoms with Gasteiger partial charge in [-0.05, 0) is 18.2 Å². The topological polar surface area (TPSA) is 46.2 Å². The van der Waals surface area contributed by atoms with Crippen molar-refractivity contribution in [2.24, 2.45) is 5.73 Å². The average Bonchev–Trinajstić information content (AvgIpc) is 2.20. The fourth-order valence-electron chi connectivity index (χ4n) is 1.08. The highest BCUT2D eigenvalue weighted by Gasteiger charge is 2.38. The van der Waals surface area contributed by atoms with Gasteiger partial charge in [0.2, 0.25) is 0 Å². The Labute approximate surface area is 83.3 Å². The number of alkyl halides is 2. The van der Waals surface area contributed by atoms with Crippen molar-refractivity contribution < 1.29 is 22.7 Å². The summed E-state index contributed by atoms with van der Waals surface area (Å²) in [5, 5.41) is 8.34. The predicted octanol–water partition coefficient (Wildman–Crippen LogP) is 1.59. The van der Waals surface area contributed by atoms with Gasteiger partial charge in [0.25, 0.3) is 5.92 Å². The van der Waals surface area contributed by atoms with E-state index in [1.165, 1.54) is 0 Å². The summed E-state index contributed by atoms with van der Waals surface area (Å²) < 4.78 is 51.5. The van der Waals surface area contributed by atoms with Crippen LogP contribution in [0.1, 0.15) is 11.6 Å². The molecule has 84 valence electrons. The van der Waals surface area contributed by atoms with Gasteiger partial charge in [-0.15, -0.1) is 0 Å². The molecule has 0 spiro atoms. The maximum Gasteiger partial charge on any atom is 0.289 e. The minimum Gasteiger partial charge on any atom is -0.390 e. The number of rotatable bonds is 3. The number of hydrogen-bond donors (Lipinski definition) is 2. The first-order valence-electron chi connectivity index (χ1n) is 4.07. The normalized spacial score (nSPS) is 14.0. The van der Waals surface area contributed by atoms with Gasteiger partial charge in [-0.3, -0.25) is 0 Å². The molecule has 0 amide bonds. The molecule has 1 aromatic carbocycles. The summed E-state index contributed by atoms with van der Waals surface area (Å²) in [6, 6.07) is 0.0164. The zero-order chi connectivity index (χ0) is 11.6. The van der Waals surface area contributed by atoms with E-state index in [-0.39, 0.29) is 0 Å². The van der Waals surface area contributed by atoms with Crippen LogP contribution in [0.5, 0.6) is 0 Å². The van der Waals surface area contributed by atoms with Crippen LogP contribution in [0.15, 0.2) is 18.2 Å². The third-order valence-electron chi connectivity index (χ3n) is 1.96. The summed E-state index contributed by atoms with van der Waals surface area (Å²) in [6.07, 6.45) is 0. The van der Waals surface area contributed by atoms with Crippen LogP contribution in [-0.4, -0.2) is 17.6 Å². The molecular formula is C9H9F4NO. The molecule has 0 aliphatic rings. The van der Waals surface area contributed by atoms with Crippen LogP contribution in [0.25, 0.3) is 0 Å². The molecular weight excluding hydrogens is 214 g/mol. The number of aliphatic hydroxyl groups excluding tert-OH is 1. The van der Waals surface area contributed by atoms with Gasteiger partial charge in [0.15, 0.2) is 0 Å². The quantitative estimate of drug-likeness (QED) is 0.764. The van der Waals surface area contributed by atoms with E-state index in [0.717, 1.165) is 6.07 Å². The van der Waals surface area contributed by atoms with Crippen LogP contribution >= 0.6 is 0 Å². The Morgan fingerprint density at radius 3 is 2.47 bits per heavy atom. The van der Waals surface area contributed by atoms with Crippen LogP contribution in [-0.2, 0) is 0 Å². The summed E-state index contributed by atoms with van der Waals surface area (Å²) in [6.45, 7) is -1.52. The maximum absolute atomic E-state index is 13.0. The fourth-order valence-corrected chi connectivity index (χ4v) is 1.08. The van der Waals surface area contributed by atoms with Crippen LogP contribution < -0.4 is 5.73 Å². The van der Waals surface area contributed by atoms with E-state index in [1.54, 1.807) is 0 Å². The van der Waals surface area contributed by atoms with E-state index in [2.05, 4.69) is 0 Å². The Balaban J connectivity index is 3.10. The molecule has 0 unspecified atom stereocenters. The Hall–Kier alpha value is -1.14. The molecule has 6 heteroatoms. The van der Waals surface area contributed by atoms with Gasteiger partial charge in [-0.2, -0.15) is 0 Å². The lowest BCUT2D eigenvalue weighted by atomic mass is 10.0. The molecule has 0 saturated carbocycles. The smallest absolute Gasteiger partial charge is 0.289 e. The average molecular weight is 223 g/mol. The number of aliphatic hydroxyl groups is 1. The highest BCUT2D eigenvalue weighted by atomic mass is 19.3. The van der Waals surface area contributed by atoms with Crippen molar-refractivity contribution in [3.63, 3.8) is 0 Å². The molecule has 0 radical (unpaired) electrons. The van der Waals surface area contributed by atoms with E-state index in [0.29, 0.717) is 12.1 Å². The molecule has 3 N–H and O–H groups in total. The van der Waals surface area contributed by atoms with Crippen LogP contribution in [0.4, 0.5) is 17.6 Å². The van der Waals surface area contributed by atoms with Gasteiger partial charge in [0.1, 0.15) is 18.2 Å². The molecule has 0 aromatic heterocycles. The summed E-state index contributed by atoms with van der Waals surface area (Å²) in [5.41, 5.74) is 4.38. The number of halogens is 4. The van der Waals surface area contributed by atoms with Crippen molar-refractivity contribution in [2.45, 2.75) is 12.0 Å². The molecule has 0 saturated heterocycles. The monoisotopic (exact) mass is 223 g/mol. The van der Waals surface area contributed by atoms with Crippen molar-refractivity contribution in [3.8, 4) is 0 Å². The third kappa shape index (κ3) is 2.45. The molecule has 0 bridgehead atoms. The molecule has 15 heavy (non-hydrogen) atoms. The first-order chi connectivity index (χ1) is 6.88. The van der Waals surface area contributed by atoms with Crippen LogP contribution in [0.3, 0.4) is 0 Å². The Morgan fingerprint density at radius 1 is 1.33 bits per heavy atom. The zero-order valence-electron chi connectivity index (χ0n) is 7.55. The second-order valence-electron chi connectivity index (χ2n) is 3.06. The number of benzene rings is 1. The van der Waals surface area contributed by atoms with E-state index < -0.39 is 35.8 Å². The van der Waals surface area contributed by atoms with E-state index in [9.17, 15) is 17.6 Å². The fraction of sp³-hybridized carbons (Fsp3) is 0.333. The van der Waals surface area contributed by atoms with Gasteiger partial charge < -0.3 is 10.8 Å². The minimum atomic E-state index is -3.69. The van der Waals surface area contributed by atoms with E-state index in [1.807, 2.05) is 0 Å². The summed E-state index contributed by atoms with van der Waals surface area (Å²) in [7, 11) is 0. The molecule has 0 aliphatic carbocycles. The lowest BCUT2D eigenvalue weighted by Crippen LogP contribution is -2.36. The Morgan fingerprint density at radius 2 is 1.93 bits per heavy atom. The van der Waals surface area contributed by atoms with Gasteiger partial charge >= 0.3 is 0 Å². The molecule has 2 nitrogen and oxygen atoms in total. The maximum atomic E-state index is 13.0. The Kier molecular flexibility index (Phi) is 3.31. The lowest BCUT2D eigenvalue weighted by molar-refractivity contribution is -0.0719. The molecule has 1 atom stereocenters. The first-order valence-corrected chi connectivity index (χ1v) is 4.07. The highest BCUT2D eigenvalue weighted by Crippen LogP contribution is 2.30. The van der Waals surface area contributed by atoms with Gasteiger partial charge in [0.05, 0.1) is 6.04 Å². The standard InChI is InChI=1S/C9H9F4NO/c10-5-1-2-7(11)6(3-5)8(14)9(12,13)4-15/h1-3,8,15H,4,14H2/t8-/m0/s1. The first kappa shape index (κ1) is 11.9. The van der Waals surface area contributed by atoms with E-state index >= 15 is 0 Å². The largest absolute Gasteiger partial charge is 0.390 e. The van der Waals surface area contributed by atoms with Crippen molar-refractivity contribution >= 4 is 0 Å². The number of hydrogen-bond acceptors (Lipinski definition) is 2. The molecule has 0 heterocycles. The SMILES string of the molecule is N[C@@H](c1cc(F)ccc1F)C(F)(F)CO. The zero-order valence-corrected chi connectivity index (χ0v) is 7.55. The van der Waals surface area contributed by atoms with Crippen LogP contribution in [0.2, 0.25) is 0 Å². The molecule has 0 aliphatic heterocycles. The van der Waals surface area contributed by atoms with Crippen molar-refractivity contribution in [2.75, 3.05) is 6.61 Å². The lowest BCUT2D eigenvalue weighted by Gasteiger charge is -2.21. The number of nitrogens with two attached hydrogens (primary N) is 1. The van der Waals surface area contributed by atoms with E-state index in [4.69, 9.17) is 10.8 Å². The highest BCUT2D eigenvalue weighted by molar-refractivity contribution is 5.23. The molecule has 1 rings (SSSR count). The predicted molar refractivity (Wildman–Crippen MR) is 45.3 cm³/mol. The third-order valence-corrected chi connectivity index (χ3v) is 1.96. The van der Waals surface area contributed by atoms with Gasteiger partial charge in [-0.25, -0.2) is 17.6 Å². The summed E-state index contributed by atoms with van der Waals surface area (Å²) in [4.78, 5) is 0. The van der Waals surface area contributed by atoms with Gasteiger partial charge in [-0.1, -0.05) is 0 Å². The van der Waals surface area contributed by atoms with Crippen molar-refractivity contribution in [1.29, 1.82) is 0 Å². The minimum absolute atomic E-state index is 0.587. The summed E-state index contributed by atoms with van der Waals surface area (Å²) in [5.74, 6) is -5.58. The van der Waals surface area contributed by atoms with Crippen molar-refractivity contribution in [3.05, 3.63) is 35.4 Å². The van der Waals surface area contributed by atoms with Crippen molar-refractivity contribution in [1.82, 2.24) is 0 Å². The van der Waals surface area contributed by atoms with Gasteiger partial charge in [0, 0.05) is 5.56 Å².